The third-order valence-electron chi connectivity index (χ3n) is 3.53. The van der Waals surface area contributed by atoms with E-state index in [1.807, 2.05) is 19.1 Å². The van der Waals surface area contributed by atoms with E-state index in [9.17, 15) is 4.39 Å². The summed E-state index contributed by atoms with van der Waals surface area (Å²) in [5.41, 5.74) is 9.62. The molecule has 4 heteroatoms. The largest absolute Gasteiger partial charge is 0.370 e. The molecule has 0 fully saturated rings. The van der Waals surface area contributed by atoms with Crippen LogP contribution in [0.3, 0.4) is 0 Å². The summed E-state index contributed by atoms with van der Waals surface area (Å²) < 4.78 is 13.8. The van der Waals surface area contributed by atoms with Crippen LogP contribution in [0, 0.1) is 5.82 Å². The second-order valence-electron chi connectivity index (χ2n) is 5.17. The number of hydrogen-bond donors (Lipinski definition) is 2. The summed E-state index contributed by atoms with van der Waals surface area (Å²) in [6, 6.07) is 13.2. The number of guanidine groups is 1. The van der Waals surface area contributed by atoms with E-state index in [1.165, 1.54) is 11.6 Å². The molecular weight excluding hydrogens is 277 g/mol. The lowest BCUT2D eigenvalue weighted by Crippen LogP contribution is -2.23. The first-order chi connectivity index (χ1) is 10.6. The van der Waals surface area contributed by atoms with Gasteiger partial charge in [0.25, 0.3) is 0 Å². The van der Waals surface area contributed by atoms with Crippen LogP contribution in [0.15, 0.2) is 47.5 Å². The number of hydrogen-bond acceptors (Lipinski definition) is 1. The van der Waals surface area contributed by atoms with Gasteiger partial charge in [-0.3, -0.25) is 0 Å². The number of nitrogens with zero attached hydrogens (tertiary/aromatic N) is 1. The third kappa shape index (κ3) is 4.32. The summed E-state index contributed by atoms with van der Waals surface area (Å²) in [6.07, 6.45) is 1.83. The van der Waals surface area contributed by atoms with Crippen LogP contribution in [-0.2, 0) is 19.4 Å². The molecule has 0 aliphatic rings. The van der Waals surface area contributed by atoms with E-state index in [0.29, 0.717) is 12.2 Å². The van der Waals surface area contributed by atoms with Gasteiger partial charge in [0.05, 0.1) is 12.2 Å². The first kappa shape index (κ1) is 16.0. The number of aliphatic imine (C=N–C) groups is 1. The van der Waals surface area contributed by atoms with Gasteiger partial charge in [-0.25, -0.2) is 9.38 Å². The van der Waals surface area contributed by atoms with E-state index in [1.54, 1.807) is 12.1 Å². The van der Waals surface area contributed by atoms with E-state index in [2.05, 4.69) is 29.4 Å². The molecule has 0 saturated carbocycles. The average Bonchev–Trinajstić information content (AvgIpc) is 2.55. The van der Waals surface area contributed by atoms with Crippen LogP contribution in [0.1, 0.15) is 30.5 Å². The fourth-order valence-corrected chi connectivity index (χ4v) is 2.19. The van der Waals surface area contributed by atoms with Crippen molar-refractivity contribution >= 4 is 11.6 Å². The molecule has 0 saturated heterocycles. The summed E-state index contributed by atoms with van der Waals surface area (Å²) in [5, 5.41) is 2.84. The van der Waals surface area contributed by atoms with Crippen molar-refractivity contribution < 1.29 is 4.39 Å². The molecule has 2 aromatic rings. The van der Waals surface area contributed by atoms with Gasteiger partial charge in [0.15, 0.2) is 5.96 Å². The van der Waals surface area contributed by atoms with Crippen molar-refractivity contribution in [2.75, 3.05) is 5.32 Å². The van der Waals surface area contributed by atoms with Crippen LogP contribution in [0.4, 0.5) is 10.1 Å². The molecule has 116 valence electrons. The first-order valence-electron chi connectivity index (χ1n) is 7.55. The van der Waals surface area contributed by atoms with Crippen LogP contribution in [0.25, 0.3) is 0 Å². The highest BCUT2D eigenvalue weighted by Crippen LogP contribution is 2.16. The number of halogens is 1. The van der Waals surface area contributed by atoms with Crippen molar-refractivity contribution in [3.05, 3.63) is 65.0 Å². The molecule has 22 heavy (non-hydrogen) atoms. The molecule has 0 aliphatic heterocycles. The van der Waals surface area contributed by atoms with Gasteiger partial charge in [-0.15, -0.1) is 0 Å². The van der Waals surface area contributed by atoms with Crippen molar-refractivity contribution in [2.45, 2.75) is 33.2 Å². The summed E-state index contributed by atoms with van der Waals surface area (Å²) in [7, 11) is 0. The zero-order valence-electron chi connectivity index (χ0n) is 13.1. The number of rotatable bonds is 5. The SMILES string of the molecule is CCc1cccc(CN=C(N)Nc2cc(CC)ccc2F)c1. The molecule has 0 unspecified atom stereocenters. The second-order valence-corrected chi connectivity index (χ2v) is 5.17. The van der Waals surface area contributed by atoms with Crippen LogP contribution in [0.5, 0.6) is 0 Å². The Morgan fingerprint density at radius 3 is 2.45 bits per heavy atom. The zero-order valence-corrected chi connectivity index (χ0v) is 13.1. The Hall–Kier alpha value is -2.36. The molecule has 0 atom stereocenters. The fourth-order valence-electron chi connectivity index (χ4n) is 2.19. The van der Waals surface area contributed by atoms with Crippen molar-refractivity contribution in [1.82, 2.24) is 0 Å². The Kier molecular flexibility index (Phi) is 5.53. The van der Waals surface area contributed by atoms with Crippen LogP contribution < -0.4 is 11.1 Å². The van der Waals surface area contributed by atoms with Gasteiger partial charge in [-0.1, -0.05) is 44.2 Å². The van der Waals surface area contributed by atoms with Gasteiger partial charge < -0.3 is 11.1 Å². The maximum absolute atomic E-state index is 13.8. The fraction of sp³-hybridized carbons (Fsp3) is 0.278. The molecule has 0 bridgehead atoms. The van der Waals surface area contributed by atoms with Crippen molar-refractivity contribution in [3.63, 3.8) is 0 Å². The maximum atomic E-state index is 13.8. The van der Waals surface area contributed by atoms with Gasteiger partial charge in [0.1, 0.15) is 5.82 Å². The normalized spacial score (nSPS) is 11.5. The third-order valence-corrected chi connectivity index (χ3v) is 3.53. The lowest BCUT2D eigenvalue weighted by molar-refractivity contribution is 0.631. The van der Waals surface area contributed by atoms with Gasteiger partial charge in [0, 0.05) is 0 Å². The monoisotopic (exact) mass is 299 g/mol. The Morgan fingerprint density at radius 1 is 1.05 bits per heavy atom. The number of nitrogens with one attached hydrogen (secondary N) is 1. The smallest absolute Gasteiger partial charge is 0.193 e. The Balaban J connectivity index is 2.06. The molecule has 0 amide bonds. The molecule has 0 heterocycles. The molecular formula is C18H22FN3. The van der Waals surface area contributed by atoms with Gasteiger partial charge in [0.2, 0.25) is 0 Å². The maximum Gasteiger partial charge on any atom is 0.193 e. The van der Waals surface area contributed by atoms with E-state index >= 15 is 0 Å². The number of aryl methyl sites for hydroxylation is 2. The van der Waals surface area contributed by atoms with Crippen LogP contribution >= 0.6 is 0 Å². The average molecular weight is 299 g/mol. The lowest BCUT2D eigenvalue weighted by atomic mass is 10.1. The lowest BCUT2D eigenvalue weighted by Gasteiger charge is -2.09. The highest BCUT2D eigenvalue weighted by Gasteiger charge is 2.04. The van der Waals surface area contributed by atoms with Gasteiger partial charge >= 0.3 is 0 Å². The minimum Gasteiger partial charge on any atom is -0.370 e. The number of benzene rings is 2. The standard InChI is InChI=1S/C18H22FN3/c1-3-13-6-5-7-15(10-13)12-21-18(20)22-17-11-14(4-2)8-9-16(17)19/h5-11H,3-4,12H2,1-2H3,(H3,20,21,22). The minimum atomic E-state index is -0.330. The predicted octanol–water partition coefficient (Wildman–Crippen LogP) is 3.88. The minimum absolute atomic E-state index is 0.217. The molecule has 2 rings (SSSR count). The molecule has 0 aromatic heterocycles. The van der Waals surface area contributed by atoms with Crippen LogP contribution in [0.2, 0.25) is 0 Å². The topological polar surface area (TPSA) is 50.4 Å². The Labute approximate surface area is 131 Å². The second kappa shape index (κ2) is 7.59. The van der Waals surface area contributed by atoms with E-state index in [-0.39, 0.29) is 11.8 Å². The predicted molar refractivity (Wildman–Crippen MR) is 90.5 cm³/mol. The van der Waals surface area contributed by atoms with Gasteiger partial charge in [-0.05, 0) is 41.7 Å². The summed E-state index contributed by atoms with van der Waals surface area (Å²) in [5.74, 6) is -0.114. The Bertz CT molecular complexity index is 665. The highest BCUT2D eigenvalue weighted by molar-refractivity contribution is 5.92. The molecule has 0 aliphatic carbocycles. The zero-order chi connectivity index (χ0) is 15.9. The van der Waals surface area contributed by atoms with Crippen molar-refractivity contribution in [2.24, 2.45) is 10.7 Å². The Morgan fingerprint density at radius 2 is 1.73 bits per heavy atom. The molecule has 3 N–H and O–H groups in total. The van der Waals surface area contributed by atoms with E-state index < -0.39 is 0 Å². The quantitative estimate of drug-likeness (QED) is 0.650. The summed E-state index contributed by atoms with van der Waals surface area (Å²) in [4.78, 5) is 4.28. The molecule has 0 spiro atoms. The highest BCUT2D eigenvalue weighted by atomic mass is 19.1. The van der Waals surface area contributed by atoms with Crippen molar-refractivity contribution in [3.8, 4) is 0 Å². The van der Waals surface area contributed by atoms with Gasteiger partial charge in [-0.2, -0.15) is 0 Å². The first-order valence-corrected chi connectivity index (χ1v) is 7.55. The summed E-state index contributed by atoms with van der Waals surface area (Å²) in [6.45, 7) is 4.61. The molecule has 3 nitrogen and oxygen atoms in total. The van der Waals surface area contributed by atoms with Crippen molar-refractivity contribution in [1.29, 1.82) is 0 Å². The number of anilines is 1. The van der Waals surface area contributed by atoms with E-state index in [4.69, 9.17) is 5.73 Å². The number of nitrogens with two attached hydrogens (primary N) is 1. The van der Waals surface area contributed by atoms with E-state index in [0.717, 1.165) is 24.0 Å². The molecule has 0 radical (unpaired) electrons. The molecule has 2 aromatic carbocycles. The summed E-state index contributed by atoms with van der Waals surface area (Å²) >= 11 is 0. The van der Waals surface area contributed by atoms with Crippen LogP contribution in [-0.4, -0.2) is 5.96 Å².